The number of hydrogen-bond donors (Lipinski definition) is 2. The Kier molecular flexibility index (Phi) is 8.10. The maximum Gasteiger partial charge on any atom is 0.188 e. The molecule has 4 nitrogen and oxygen atoms in total. The number of piperidine rings is 1. The van der Waals surface area contributed by atoms with Crippen LogP contribution in [-0.2, 0) is 6.42 Å². The summed E-state index contributed by atoms with van der Waals surface area (Å²) in [5.74, 6) is 1.69. The minimum Gasteiger partial charge on any atom is -0.317 e. The molecule has 1 aliphatic heterocycles. The highest BCUT2D eigenvalue weighted by molar-refractivity contribution is 7.15. The molecule has 0 spiro atoms. The predicted octanol–water partition coefficient (Wildman–Crippen LogP) is 3.98. The molecule has 22 heavy (non-hydrogen) atoms. The number of nitrogens with zero attached hydrogens (tertiary/aromatic N) is 2. The highest BCUT2D eigenvalue weighted by atomic mass is 35.5. The molecule has 0 atom stereocenters. The number of thiazole rings is 1. The topological polar surface area (TPSA) is 49.8 Å². The van der Waals surface area contributed by atoms with Gasteiger partial charge < -0.3 is 10.6 Å². The molecule has 2 aromatic rings. The van der Waals surface area contributed by atoms with E-state index in [-0.39, 0.29) is 24.8 Å². The van der Waals surface area contributed by atoms with Gasteiger partial charge in [-0.1, -0.05) is 0 Å². The molecule has 0 amide bonds. The minimum atomic E-state index is 0. The molecule has 0 bridgehead atoms. The van der Waals surface area contributed by atoms with Crippen LogP contribution in [0.25, 0.3) is 0 Å². The number of aryl methyl sites for hydroxylation is 1. The summed E-state index contributed by atoms with van der Waals surface area (Å²) in [4.78, 5) is 9.90. The molecule has 0 aliphatic carbocycles. The van der Waals surface area contributed by atoms with E-state index >= 15 is 0 Å². The number of hydrogen-bond acceptors (Lipinski definition) is 5. The van der Waals surface area contributed by atoms with Gasteiger partial charge in [0.1, 0.15) is 5.82 Å². The molecule has 2 N–H and O–H groups in total. The Hall–Kier alpha value is -0.880. The Morgan fingerprint density at radius 1 is 1.27 bits per heavy atom. The molecule has 3 heterocycles. The summed E-state index contributed by atoms with van der Waals surface area (Å²) < 4.78 is 0. The lowest BCUT2D eigenvalue weighted by Gasteiger charge is -2.22. The van der Waals surface area contributed by atoms with E-state index < -0.39 is 0 Å². The van der Waals surface area contributed by atoms with Gasteiger partial charge in [-0.2, -0.15) is 0 Å². The van der Waals surface area contributed by atoms with Gasteiger partial charge in [-0.15, -0.1) is 36.2 Å². The first-order valence-electron chi connectivity index (χ1n) is 7.15. The van der Waals surface area contributed by atoms with Gasteiger partial charge in [0.2, 0.25) is 0 Å². The third-order valence-corrected chi connectivity index (χ3v) is 4.49. The second-order valence-corrected chi connectivity index (χ2v) is 6.58. The fourth-order valence-electron chi connectivity index (χ4n) is 2.61. The molecule has 0 unspecified atom stereocenters. The molecule has 7 heteroatoms. The predicted molar refractivity (Wildman–Crippen MR) is 98.2 cm³/mol. The number of halogens is 2. The zero-order valence-electron chi connectivity index (χ0n) is 12.5. The highest BCUT2D eigenvalue weighted by Crippen LogP contribution is 2.23. The quantitative estimate of drug-likeness (QED) is 0.865. The van der Waals surface area contributed by atoms with E-state index in [1.54, 1.807) is 11.3 Å². The largest absolute Gasteiger partial charge is 0.317 e. The fraction of sp³-hybridized carbons (Fsp3) is 0.467. The Bertz CT molecular complexity index is 570. The maximum absolute atomic E-state index is 4.38. The molecular formula is C15H22Cl2N4S. The second kappa shape index (κ2) is 9.30. The molecule has 0 aromatic carbocycles. The number of anilines is 2. The summed E-state index contributed by atoms with van der Waals surface area (Å²) in [6.45, 7) is 4.36. The van der Waals surface area contributed by atoms with Crippen molar-refractivity contribution in [2.45, 2.75) is 26.2 Å². The van der Waals surface area contributed by atoms with Crippen LogP contribution in [0.4, 0.5) is 10.9 Å². The molecule has 1 fully saturated rings. The van der Waals surface area contributed by atoms with Gasteiger partial charge in [0.25, 0.3) is 0 Å². The van der Waals surface area contributed by atoms with Crippen molar-refractivity contribution in [2.24, 2.45) is 5.92 Å². The van der Waals surface area contributed by atoms with E-state index in [0.717, 1.165) is 36.4 Å². The van der Waals surface area contributed by atoms with Crippen molar-refractivity contribution in [3.8, 4) is 0 Å². The van der Waals surface area contributed by atoms with Crippen molar-refractivity contribution in [3.63, 3.8) is 0 Å². The van der Waals surface area contributed by atoms with Crippen LogP contribution in [0.15, 0.2) is 24.5 Å². The van der Waals surface area contributed by atoms with Gasteiger partial charge in [0, 0.05) is 17.3 Å². The Morgan fingerprint density at radius 3 is 2.73 bits per heavy atom. The molecule has 2 aromatic heterocycles. The number of pyridine rings is 1. The smallest absolute Gasteiger partial charge is 0.188 e. The molecule has 1 aliphatic rings. The average molecular weight is 361 g/mol. The Labute approximate surface area is 148 Å². The van der Waals surface area contributed by atoms with E-state index in [2.05, 4.69) is 39.7 Å². The molecular weight excluding hydrogens is 339 g/mol. The average Bonchev–Trinajstić information content (AvgIpc) is 2.86. The summed E-state index contributed by atoms with van der Waals surface area (Å²) in [5.41, 5.74) is 1.36. The van der Waals surface area contributed by atoms with Crippen molar-refractivity contribution in [1.29, 1.82) is 0 Å². The number of aromatic nitrogens is 2. The van der Waals surface area contributed by atoms with Crippen LogP contribution in [0.2, 0.25) is 0 Å². The molecule has 0 saturated carbocycles. The fourth-order valence-corrected chi connectivity index (χ4v) is 3.28. The van der Waals surface area contributed by atoms with Crippen LogP contribution in [-0.4, -0.2) is 23.1 Å². The second-order valence-electron chi connectivity index (χ2n) is 5.35. The van der Waals surface area contributed by atoms with Crippen LogP contribution in [0.5, 0.6) is 0 Å². The summed E-state index contributed by atoms with van der Waals surface area (Å²) >= 11 is 1.65. The van der Waals surface area contributed by atoms with E-state index in [1.165, 1.54) is 23.3 Å². The first kappa shape index (κ1) is 19.2. The summed E-state index contributed by atoms with van der Waals surface area (Å²) in [5, 5.41) is 7.61. The lowest BCUT2D eigenvalue weighted by molar-refractivity contribution is 0.372. The number of rotatable bonds is 4. The minimum absolute atomic E-state index is 0. The third kappa shape index (κ3) is 5.39. The molecule has 122 valence electrons. The number of nitrogens with one attached hydrogen (secondary N) is 2. The Balaban J connectivity index is 0.00000121. The van der Waals surface area contributed by atoms with E-state index in [1.807, 2.05) is 12.4 Å². The standard InChI is InChI=1S/C15H20N4S.2ClH/c1-11-10-18-15(20-11)19-14-9-13(4-7-17-14)8-12-2-5-16-6-3-12;;/h4,7,9-10,12,16H,2-3,5-6,8H2,1H3,(H,17,18,19);2*1H. The van der Waals surface area contributed by atoms with Crippen molar-refractivity contribution < 1.29 is 0 Å². The third-order valence-electron chi connectivity index (χ3n) is 3.66. The lowest BCUT2D eigenvalue weighted by atomic mass is 9.91. The normalized spacial score (nSPS) is 14.8. The Morgan fingerprint density at radius 2 is 2.05 bits per heavy atom. The summed E-state index contributed by atoms with van der Waals surface area (Å²) in [6.07, 6.45) is 7.47. The van der Waals surface area contributed by atoms with Crippen molar-refractivity contribution >= 4 is 47.1 Å². The zero-order valence-corrected chi connectivity index (χ0v) is 15.0. The van der Waals surface area contributed by atoms with Gasteiger partial charge in [0.05, 0.1) is 0 Å². The summed E-state index contributed by atoms with van der Waals surface area (Å²) in [7, 11) is 0. The van der Waals surface area contributed by atoms with Crippen molar-refractivity contribution in [3.05, 3.63) is 35.0 Å². The molecule has 0 radical (unpaired) electrons. The van der Waals surface area contributed by atoms with Crippen LogP contribution >= 0.6 is 36.2 Å². The maximum atomic E-state index is 4.38. The van der Waals surface area contributed by atoms with Crippen LogP contribution < -0.4 is 10.6 Å². The van der Waals surface area contributed by atoms with Gasteiger partial charge in [-0.3, -0.25) is 0 Å². The first-order valence-corrected chi connectivity index (χ1v) is 7.96. The molecule has 1 saturated heterocycles. The lowest BCUT2D eigenvalue weighted by Crippen LogP contribution is -2.28. The van der Waals surface area contributed by atoms with E-state index in [4.69, 9.17) is 0 Å². The summed E-state index contributed by atoms with van der Waals surface area (Å²) in [6, 6.07) is 4.28. The van der Waals surface area contributed by atoms with Gasteiger partial charge in [-0.25, -0.2) is 9.97 Å². The first-order chi connectivity index (χ1) is 9.79. The van der Waals surface area contributed by atoms with Crippen LogP contribution in [0.1, 0.15) is 23.3 Å². The van der Waals surface area contributed by atoms with Crippen LogP contribution in [0.3, 0.4) is 0 Å². The van der Waals surface area contributed by atoms with Gasteiger partial charge >= 0.3 is 0 Å². The zero-order chi connectivity index (χ0) is 13.8. The van der Waals surface area contributed by atoms with Gasteiger partial charge in [-0.05, 0) is 62.9 Å². The SMILES string of the molecule is Cc1cnc(Nc2cc(CC3CCNCC3)ccn2)s1.Cl.Cl. The van der Waals surface area contributed by atoms with Crippen molar-refractivity contribution in [1.82, 2.24) is 15.3 Å². The highest BCUT2D eigenvalue weighted by Gasteiger charge is 2.13. The van der Waals surface area contributed by atoms with E-state index in [0.29, 0.717) is 0 Å². The van der Waals surface area contributed by atoms with Crippen LogP contribution in [0, 0.1) is 12.8 Å². The monoisotopic (exact) mass is 360 g/mol. The van der Waals surface area contributed by atoms with Gasteiger partial charge in [0.15, 0.2) is 5.13 Å². The van der Waals surface area contributed by atoms with Crippen molar-refractivity contribution in [2.75, 3.05) is 18.4 Å². The van der Waals surface area contributed by atoms with E-state index in [9.17, 15) is 0 Å². The molecule has 3 rings (SSSR count).